The number of nitrogens with one attached hydrogen (secondary N) is 2. The Balaban J connectivity index is 2.22. The van der Waals surface area contributed by atoms with Gasteiger partial charge in [-0.05, 0) is 39.4 Å². The predicted molar refractivity (Wildman–Crippen MR) is 73.2 cm³/mol. The molecule has 1 saturated carbocycles. The molecule has 1 aliphatic rings. The van der Waals surface area contributed by atoms with E-state index in [1.165, 1.54) is 30.4 Å². The summed E-state index contributed by atoms with van der Waals surface area (Å²) < 4.78 is 0. The van der Waals surface area contributed by atoms with Gasteiger partial charge in [0.15, 0.2) is 0 Å². The Morgan fingerprint density at radius 2 is 1.82 bits per heavy atom. The average Bonchev–Trinajstić information content (AvgIpc) is 2.29. The van der Waals surface area contributed by atoms with Crippen LogP contribution in [0, 0.1) is 12.3 Å². The van der Waals surface area contributed by atoms with Crippen molar-refractivity contribution < 1.29 is 0 Å². The molecular weight excluding hydrogens is 208 g/mol. The fraction of sp³-hybridized carbons (Fsp3) is 0.600. The Hall–Kier alpha value is -0.860. The fourth-order valence-electron chi connectivity index (χ4n) is 3.14. The predicted octanol–water partition coefficient (Wildman–Crippen LogP) is 2.65. The lowest BCUT2D eigenvalue weighted by Gasteiger charge is -2.48. The van der Waals surface area contributed by atoms with E-state index in [9.17, 15) is 0 Å². The molecule has 0 saturated heterocycles. The zero-order chi connectivity index (χ0) is 12.3. The number of hydrogen-bond acceptors (Lipinski definition) is 2. The number of benzene rings is 1. The molecule has 1 atom stereocenters. The second kappa shape index (κ2) is 5.19. The average molecular weight is 232 g/mol. The Kier molecular flexibility index (Phi) is 3.85. The Morgan fingerprint density at radius 3 is 2.24 bits per heavy atom. The normalized spacial score (nSPS) is 19.7. The molecule has 0 aliphatic heterocycles. The summed E-state index contributed by atoms with van der Waals surface area (Å²) in [5.74, 6) is 0. The van der Waals surface area contributed by atoms with Crippen molar-refractivity contribution in [3.8, 4) is 0 Å². The standard InChI is InChI=1S/C15H24N2/c1-12-5-7-13(8-6-12)14(17-3)15(11-16-2)9-4-10-15/h5-8,14,16-17H,4,9-11H2,1-3H3. The van der Waals surface area contributed by atoms with Gasteiger partial charge in [-0.25, -0.2) is 0 Å². The number of rotatable bonds is 5. The monoisotopic (exact) mass is 232 g/mol. The van der Waals surface area contributed by atoms with Crippen molar-refractivity contribution in [1.29, 1.82) is 0 Å². The molecule has 2 rings (SSSR count). The van der Waals surface area contributed by atoms with Crippen LogP contribution < -0.4 is 10.6 Å². The molecule has 0 amide bonds. The zero-order valence-electron chi connectivity index (χ0n) is 11.2. The first-order valence-electron chi connectivity index (χ1n) is 6.60. The van der Waals surface area contributed by atoms with Crippen molar-refractivity contribution in [2.45, 2.75) is 32.2 Å². The summed E-state index contributed by atoms with van der Waals surface area (Å²) in [6.45, 7) is 3.25. The van der Waals surface area contributed by atoms with Crippen LogP contribution in [0.15, 0.2) is 24.3 Å². The highest BCUT2D eigenvalue weighted by Gasteiger charge is 2.43. The van der Waals surface area contributed by atoms with E-state index in [0.717, 1.165) is 6.54 Å². The third-order valence-corrected chi connectivity index (χ3v) is 4.19. The zero-order valence-corrected chi connectivity index (χ0v) is 11.2. The van der Waals surface area contributed by atoms with Crippen LogP contribution in [0.2, 0.25) is 0 Å². The van der Waals surface area contributed by atoms with Crippen LogP contribution in [0.3, 0.4) is 0 Å². The van der Waals surface area contributed by atoms with Crippen LogP contribution in [-0.4, -0.2) is 20.6 Å². The minimum Gasteiger partial charge on any atom is -0.319 e. The van der Waals surface area contributed by atoms with Gasteiger partial charge < -0.3 is 10.6 Å². The Morgan fingerprint density at radius 1 is 1.18 bits per heavy atom. The first-order valence-corrected chi connectivity index (χ1v) is 6.60. The van der Waals surface area contributed by atoms with Crippen LogP contribution in [-0.2, 0) is 0 Å². The molecule has 1 aromatic rings. The van der Waals surface area contributed by atoms with E-state index in [2.05, 4.69) is 55.9 Å². The molecule has 17 heavy (non-hydrogen) atoms. The summed E-state index contributed by atoms with van der Waals surface area (Å²) in [6, 6.07) is 9.44. The third kappa shape index (κ3) is 2.38. The molecule has 0 bridgehead atoms. The first kappa shape index (κ1) is 12.6. The van der Waals surface area contributed by atoms with E-state index in [0.29, 0.717) is 11.5 Å². The summed E-state index contributed by atoms with van der Waals surface area (Å²) >= 11 is 0. The van der Waals surface area contributed by atoms with E-state index in [4.69, 9.17) is 0 Å². The van der Waals surface area contributed by atoms with Gasteiger partial charge in [0.25, 0.3) is 0 Å². The van der Waals surface area contributed by atoms with Gasteiger partial charge in [0.2, 0.25) is 0 Å². The van der Waals surface area contributed by atoms with E-state index in [1.807, 2.05) is 0 Å². The Bertz CT molecular complexity index is 352. The molecule has 1 aliphatic carbocycles. The van der Waals surface area contributed by atoms with Gasteiger partial charge in [-0.3, -0.25) is 0 Å². The molecular formula is C15H24N2. The second-order valence-electron chi connectivity index (χ2n) is 5.38. The van der Waals surface area contributed by atoms with E-state index >= 15 is 0 Å². The van der Waals surface area contributed by atoms with E-state index in [1.54, 1.807) is 0 Å². The van der Waals surface area contributed by atoms with Crippen molar-refractivity contribution in [3.63, 3.8) is 0 Å². The summed E-state index contributed by atoms with van der Waals surface area (Å²) in [7, 11) is 4.14. The lowest BCUT2D eigenvalue weighted by atomic mass is 9.62. The molecule has 2 nitrogen and oxygen atoms in total. The summed E-state index contributed by atoms with van der Waals surface area (Å²) in [4.78, 5) is 0. The van der Waals surface area contributed by atoms with E-state index in [-0.39, 0.29) is 0 Å². The van der Waals surface area contributed by atoms with Gasteiger partial charge in [-0.15, -0.1) is 0 Å². The van der Waals surface area contributed by atoms with Crippen LogP contribution >= 0.6 is 0 Å². The van der Waals surface area contributed by atoms with Gasteiger partial charge in [0, 0.05) is 18.0 Å². The second-order valence-corrected chi connectivity index (χ2v) is 5.38. The lowest BCUT2D eigenvalue weighted by molar-refractivity contribution is 0.0789. The largest absolute Gasteiger partial charge is 0.319 e. The summed E-state index contributed by atoms with van der Waals surface area (Å²) in [6.07, 6.45) is 4.02. The maximum atomic E-state index is 3.53. The quantitative estimate of drug-likeness (QED) is 0.815. The van der Waals surface area contributed by atoms with Crippen molar-refractivity contribution in [3.05, 3.63) is 35.4 Å². The van der Waals surface area contributed by atoms with Crippen LogP contribution in [0.5, 0.6) is 0 Å². The molecule has 2 N–H and O–H groups in total. The van der Waals surface area contributed by atoms with Crippen LogP contribution in [0.25, 0.3) is 0 Å². The molecule has 0 heterocycles. The Labute approximate surface area is 105 Å². The van der Waals surface area contributed by atoms with Gasteiger partial charge >= 0.3 is 0 Å². The van der Waals surface area contributed by atoms with Crippen LogP contribution in [0.1, 0.15) is 36.4 Å². The van der Waals surface area contributed by atoms with Crippen LogP contribution in [0.4, 0.5) is 0 Å². The highest BCUT2D eigenvalue weighted by atomic mass is 14.9. The highest BCUT2D eigenvalue weighted by molar-refractivity contribution is 5.26. The summed E-state index contributed by atoms with van der Waals surface area (Å²) in [5, 5.41) is 6.89. The minimum absolute atomic E-state index is 0.415. The topological polar surface area (TPSA) is 24.1 Å². The van der Waals surface area contributed by atoms with Crippen molar-refractivity contribution in [1.82, 2.24) is 10.6 Å². The molecule has 1 unspecified atom stereocenters. The molecule has 1 aromatic carbocycles. The third-order valence-electron chi connectivity index (χ3n) is 4.19. The molecule has 2 heteroatoms. The highest BCUT2D eigenvalue weighted by Crippen LogP contribution is 2.49. The van der Waals surface area contributed by atoms with Gasteiger partial charge in [-0.2, -0.15) is 0 Å². The van der Waals surface area contributed by atoms with Crippen molar-refractivity contribution in [2.24, 2.45) is 5.41 Å². The molecule has 1 fully saturated rings. The minimum atomic E-state index is 0.415. The SMILES string of the molecule is CNCC1(C(NC)c2ccc(C)cc2)CCC1. The number of aryl methyl sites for hydroxylation is 1. The maximum absolute atomic E-state index is 3.53. The number of hydrogen-bond donors (Lipinski definition) is 2. The van der Waals surface area contributed by atoms with E-state index < -0.39 is 0 Å². The van der Waals surface area contributed by atoms with Gasteiger partial charge in [0.1, 0.15) is 0 Å². The molecule has 0 aromatic heterocycles. The first-order chi connectivity index (χ1) is 8.22. The molecule has 0 radical (unpaired) electrons. The maximum Gasteiger partial charge on any atom is 0.0386 e. The molecule has 0 spiro atoms. The smallest absolute Gasteiger partial charge is 0.0386 e. The fourth-order valence-corrected chi connectivity index (χ4v) is 3.14. The van der Waals surface area contributed by atoms with Gasteiger partial charge in [0.05, 0.1) is 0 Å². The van der Waals surface area contributed by atoms with Crippen molar-refractivity contribution >= 4 is 0 Å². The van der Waals surface area contributed by atoms with Gasteiger partial charge in [-0.1, -0.05) is 36.2 Å². The van der Waals surface area contributed by atoms with Crippen molar-refractivity contribution in [2.75, 3.05) is 20.6 Å². The lowest BCUT2D eigenvalue weighted by Crippen LogP contribution is -2.47. The summed E-state index contributed by atoms with van der Waals surface area (Å²) in [5.41, 5.74) is 3.17. The molecule has 94 valence electrons.